The maximum atomic E-state index is 12.3. The maximum absolute atomic E-state index is 12.3. The fourth-order valence-corrected chi connectivity index (χ4v) is 3.19. The number of rotatable bonds is 8. The van der Waals surface area contributed by atoms with Crippen molar-refractivity contribution in [3.63, 3.8) is 0 Å². The molecule has 0 radical (unpaired) electrons. The summed E-state index contributed by atoms with van der Waals surface area (Å²) in [6.07, 6.45) is 0.299. The van der Waals surface area contributed by atoms with Crippen LogP contribution in [0.3, 0.4) is 0 Å². The van der Waals surface area contributed by atoms with Crippen LogP contribution in [0.15, 0.2) is 34.7 Å². The van der Waals surface area contributed by atoms with Gasteiger partial charge in [-0.1, -0.05) is 0 Å². The van der Waals surface area contributed by atoms with Gasteiger partial charge in [0.05, 0.1) is 6.61 Å². The number of nitrogens with zero attached hydrogens (tertiary/aromatic N) is 2. The van der Waals surface area contributed by atoms with Crippen LogP contribution in [0.25, 0.3) is 11.4 Å². The second-order valence-electron chi connectivity index (χ2n) is 6.43. The molecule has 0 aliphatic carbocycles. The van der Waals surface area contributed by atoms with E-state index in [1.54, 1.807) is 0 Å². The molecule has 0 fully saturated rings. The highest BCUT2D eigenvalue weighted by atomic mass is 32.1. The van der Waals surface area contributed by atoms with Gasteiger partial charge in [-0.2, -0.15) is 5.10 Å². The Balaban J connectivity index is 1.63. The monoisotopic (exact) mass is 400 g/mol. The van der Waals surface area contributed by atoms with E-state index in [4.69, 9.17) is 21.4 Å². The fraction of sp³-hybridized carbons (Fsp3) is 0.350. The van der Waals surface area contributed by atoms with Crippen molar-refractivity contribution in [2.24, 2.45) is 0 Å². The number of carbonyl (C=O) groups excluding carboxylic acids is 1. The van der Waals surface area contributed by atoms with Crippen LogP contribution in [0.4, 0.5) is 0 Å². The van der Waals surface area contributed by atoms with Crippen molar-refractivity contribution in [1.82, 2.24) is 20.1 Å². The number of aromatic nitrogens is 3. The minimum atomic E-state index is -0.0565. The summed E-state index contributed by atoms with van der Waals surface area (Å²) in [4.78, 5) is 12.3. The van der Waals surface area contributed by atoms with E-state index in [2.05, 4.69) is 15.5 Å². The normalized spacial score (nSPS) is 10.8. The number of nitrogens with one attached hydrogen (secondary N) is 2. The number of aryl methyl sites for hydroxylation is 2. The van der Waals surface area contributed by atoms with E-state index < -0.39 is 0 Å². The van der Waals surface area contributed by atoms with Crippen molar-refractivity contribution in [2.75, 3.05) is 6.61 Å². The Morgan fingerprint density at radius 3 is 2.71 bits per heavy atom. The highest BCUT2D eigenvalue weighted by Gasteiger charge is 2.12. The Kier molecular flexibility index (Phi) is 6.30. The average Bonchev–Trinajstić information content (AvgIpc) is 3.20. The molecule has 2 aromatic heterocycles. The van der Waals surface area contributed by atoms with Crippen LogP contribution in [-0.2, 0) is 17.9 Å². The van der Waals surface area contributed by atoms with Crippen molar-refractivity contribution in [3.05, 3.63) is 52.2 Å². The summed E-state index contributed by atoms with van der Waals surface area (Å²) in [6.45, 7) is 7.23. The summed E-state index contributed by atoms with van der Waals surface area (Å²) < 4.78 is 13.3. The molecule has 148 valence electrons. The molecule has 0 saturated heterocycles. The van der Waals surface area contributed by atoms with Crippen molar-refractivity contribution in [3.8, 4) is 17.1 Å². The van der Waals surface area contributed by atoms with Crippen LogP contribution in [0, 0.1) is 18.6 Å². The maximum Gasteiger partial charge on any atom is 0.222 e. The van der Waals surface area contributed by atoms with Gasteiger partial charge in [-0.05, 0) is 63.3 Å². The molecule has 0 bridgehead atoms. The first-order valence-corrected chi connectivity index (χ1v) is 9.59. The van der Waals surface area contributed by atoms with E-state index in [-0.39, 0.29) is 5.91 Å². The summed E-state index contributed by atoms with van der Waals surface area (Å²) in [6, 6.07) is 9.57. The summed E-state index contributed by atoms with van der Waals surface area (Å²) in [5.41, 5.74) is 1.89. The highest BCUT2D eigenvalue weighted by molar-refractivity contribution is 7.71. The molecular formula is C20H24N4O3S. The van der Waals surface area contributed by atoms with Crippen molar-refractivity contribution in [2.45, 2.75) is 40.3 Å². The Hall–Kier alpha value is -2.87. The van der Waals surface area contributed by atoms with Gasteiger partial charge < -0.3 is 14.5 Å². The second kappa shape index (κ2) is 8.88. The standard InChI is InChI=1S/C20H24N4O3S/c1-4-26-17-7-5-15(6-8-17)19-22-23-20(28)24(19)10-9-18(25)21-12-16-11-13(2)27-14(16)3/h5-8,11H,4,9-10,12H2,1-3H3,(H,21,25)(H,23,28). The van der Waals surface area contributed by atoms with Crippen LogP contribution >= 0.6 is 12.2 Å². The average molecular weight is 401 g/mol. The number of furan rings is 1. The van der Waals surface area contributed by atoms with E-state index in [1.165, 1.54) is 0 Å². The van der Waals surface area contributed by atoms with Gasteiger partial charge in [0.2, 0.25) is 5.91 Å². The zero-order chi connectivity index (χ0) is 20.1. The van der Waals surface area contributed by atoms with Crippen molar-refractivity contribution < 1.29 is 13.9 Å². The molecule has 0 spiro atoms. The van der Waals surface area contributed by atoms with Gasteiger partial charge in [0.25, 0.3) is 0 Å². The lowest BCUT2D eigenvalue weighted by atomic mass is 10.2. The number of hydrogen-bond acceptors (Lipinski definition) is 5. The van der Waals surface area contributed by atoms with E-state index in [1.807, 2.05) is 55.7 Å². The van der Waals surface area contributed by atoms with E-state index in [9.17, 15) is 4.79 Å². The lowest BCUT2D eigenvalue weighted by Crippen LogP contribution is -2.24. The van der Waals surface area contributed by atoms with Gasteiger partial charge in [0, 0.05) is 30.6 Å². The first kappa shape index (κ1) is 19.9. The number of carbonyl (C=O) groups is 1. The smallest absolute Gasteiger partial charge is 0.222 e. The van der Waals surface area contributed by atoms with Gasteiger partial charge in [-0.15, -0.1) is 0 Å². The van der Waals surface area contributed by atoms with Crippen LogP contribution < -0.4 is 10.1 Å². The molecular weight excluding hydrogens is 376 g/mol. The lowest BCUT2D eigenvalue weighted by molar-refractivity contribution is -0.121. The molecule has 2 N–H and O–H groups in total. The lowest BCUT2D eigenvalue weighted by Gasteiger charge is -2.09. The topological polar surface area (TPSA) is 85.1 Å². The second-order valence-corrected chi connectivity index (χ2v) is 6.81. The number of hydrogen-bond donors (Lipinski definition) is 2. The van der Waals surface area contributed by atoms with Crippen molar-refractivity contribution >= 4 is 18.1 Å². The van der Waals surface area contributed by atoms with Crippen LogP contribution in [0.1, 0.15) is 30.4 Å². The van der Waals surface area contributed by atoms with E-state index in [0.29, 0.717) is 36.7 Å². The highest BCUT2D eigenvalue weighted by Crippen LogP contribution is 2.21. The van der Waals surface area contributed by atoms with Gasteiger partial charge in [0.1, 0.15) is 17.3 Å². The Morgan fingerprint density at radius 1 is 1.32 bits per heavy atom. The zero-order valence-electron chi connectivity index (χ0n) is 16.2. The summed E-state index contributed by atoms with van der Waals surface area (Å²) in [5, 5.41) is 10.0. The molecule has 28 heavy (non-hydrogen) atoms. The molecule has 1 amide bonds. The number of benzene rings is 1. The molecule has 7 nitrogen and oxygen atoms in total. The predicted molar refractivity (Wildman–Crippen MR) is 109 cm³/mol. The quantitative estimate of drug-likeness (QED) is 0.560. The third kappa shape index (κ3) is 4.69. The summed E-state index contributed by atoms with van der Waals surface area (Å²) in [5.74, 6) is 3.11. The van der Waals surface area contributed by atoms with Crippen molar-refractivity contribution in [1.29, 1.82) is 0 Å². The predicted octanol–water partition coefficient (Wildman–Crippen LogP) is 3.92. The number of aromatic amines is 1. The SMILES string of the molecule is CCOc1ccc(-c2n[nH]c(=S)n2CCC(=O)NCc2cc(C)oc2C)cc1. The number of H-pyrrole nitrogens is 1. The van der Waals surface area contributed by atoms with Crippen LogP contribution in [0.5, 0.6) is 5.75 Å². The molecule has 0 aliphatic heterocycles. The molecule has 3 rings (SSSR count). The first-order valence-electron chi connectivity index (χ1n) is 9.19. The van der Waals surface area contributed by atoms with Gasteiger partial charge in [-0.3, -0.25) is 14.5 Å². The van der Waals surface area contributed by atoms with Gasteiger partial charge in [-0.25, -0.2) is 0 Å². The van der Waals surface area contributed by atoms with Crippen LogP contribution in [-0.4, -0.2) is 27.3 Å². The van der Waals surface area contributed by atoms with Gasteiger partial charge >= 0.3 is 0 Å². The zero-order valence-corrected chi connectivity index (χ0v) is 17.1. The molecule has 8 heteroatoms. The summed E-state index contributed by atoms with van der Waals surface area (Å²) >= 11 is 5.33. The fourth-order valence-electron chi connectivity index (χ4n) is 2.97. The minimum Gasteiger partial charge on any atom is -0.494 e. The molecule has 3 aromatic rings. The molecule has 0 atom stereocenters. The molecule has 2 heterocycles. The van der Waals surface area contributed by atoms with Crippen LogP contribution in [0.2, 0.25) is 0 Å². The van der Waals surface area contributed by atoms with Gasteiger partial charge in [0.15, 0.2) is 10.6 Å². The Morgan fingerprint density at radius 2 is 2.07 bits per heavy atom. The third-order valence-electron chi connectivity index (χ3n) is 4.36. The Bertz CT molecular complexity index is 1000. The third-order valence-corrected chi connectivity index (χ3v) is 4.68. The minimum absolute atomic E-state index is 0.0565. The van der Waals surface area contributed by atoms with E-state index in [0.717, 1.165) is 28.4 Å². The largest absolute Gasteiger partial charge is 0.494 e. The molecule has 0 aliphatic rings. The number of ether oxygens (including phenoxy) is 1. The Labute approximate surface area is 168 Å². The molecule has 0 saturated carbocycles. The summed E-state index contributed by atoms with van der Waals surface area (Å²) in [7, 11) is 0. The molecule has 0 unspecified atom stereocenters. The number of amides is 1. The van der Waals surface area contributed by atoms with E-state index >= 15 is 0 Å². The first-order chi connectivity index (χ1) is 13.5. The molecule has 1 aromatic carbocycles.